The molecule has 0 unspecified atom stereocenters. The van der Waals surface area contributed by atoms with Crippen LogP contribution in [0.1, 0.15) is 32.5 Å². The maximum absolute atomic E-state index is 13.1. The van der Waals surface area contributed by atoms with Crippen LogP contribution in [0.5, 0.6) is 0 Å². The van der Waals surface area contributed by atoms with Crippen molar-refractivity contribution in [3.63, 3.8) is 0 Å². The lowest BCUT2D eigenvalue weighted by Crippen LogP contribution is -2.14. The molecule has 2 aromatic carbocycles. The van der Waals surface area contributed by atoms with Gasteiger partial charge in [-0.2, -0.15) is 0 Å². The zero-order valence-electron chi connectivity index (χ0n) is 16.6. The van der Waals surface area contributed by atoms with Gasteiger partial charge in [-0.3, -0.25) is 4.79 Å². The Hall–Kier alpha value is -2.19. The molecule has 4 nitrogen and oxygen atoms in total. The third-order valence-corrected chi connectivity index (χ3v) is 7.72. The number of rotatable bonds is 5. The van der Waals surface area contributed by atoms with Crippen molar-refractivity contribution >= 4 is 77.2 Å². The molecule has 0 saturated carbocycles. The minimum Gasteiger partial charge on any atom is -0.462 e. The van der Waals surface area contributed by atoms with E-state index in [1.54, 1.807) is 6.92 Å². The van der Waals surface area contributed by atoms with E-state index >= 15 is 0 Å². The molecule has 0 radical (unpaired) electrons. The van der Waals surface area contributed by atoms with Crippen LogP contribution in [0.15, 0.2) is 52.3 Å². The van der Waals surface area contributed by atoms with Crippen LogP contribution in [0.2, 0.25) is 5.02 Å². The fourth-order valence-electron chi connectivity index (χ4n) is 3.18. The second kappa shape index (κ2) is 9.12. The number of nitrogens with one attached hydrogen (secondary N) is 1. The Morgan fingerprint density at radius 1 is 1.16 bits per heavy atom. The lowest BCUT2D eigenvalue weighted by atomic mass is 10.0. The smallest absolute Gasteiger partial charge is 0.341 e. The second-order valence-corrected chi connectivity index (χ2v) is 10.0. The van der Waals surface area contributed by atoms with E-state index in [9.17, 15) is 9.59 Å². The predicted molar refractivity (Wildman–Crippen MR) is 133 cm³/mol. The Labute approximate surface area is 200 Å². The SMILES string of the molecule is CCOC(=O)c1c(-c2ccc(Br)cc2)csc1NC(=O)c1sc2cc(C)ccc2c1Cl. The molecule has 0 aliphatic rings. The number of anilines is 1. The van der Waals surface area contributed by atoms with Gasteiger partial charge in [0.1, 0.15) is 15.4 Å². The van der Waals surface area contributed by atoms with Crippen molar-refractivity contribution in [1.29, 1.82) is 0 Å². The number of benzene rings is 2. The van der Waals surface area contributed by atoms with Crippen LogP contribution in [-0.2, 0) is 4.74 Å². The van der Waals surface area contributed by atoms with Crippen LogP contribution in [0.25, 0.3) is 21.2 Å². The summed E-state index contributed by atoms with van der Waals surface area (Å²) in [6.45, 7) is 3.98. The molecule has 4 aromatic rings. The lowest BCUT2D eigenvalue weighted by Gasteiger charge is -2.08. The van der Waals surface area contributed by atoms with Crippen molar-refractivity contribution in [3.8, 4) is 11.1 Å². The quantitative estimate of drug-likeness (QED) is 0.266. The van der Waals surface area contributed by atoms with E-state index in [4.69, 9.17) is 16.3 Å². The predicted octanol–water partition coefficient (Wildman–Crippen LogP) is 7.78. The molecular weight excluding hydrogens is 518 g/mol. The summed E-state index contributed by atoms with van der Waals surface area (Å²) < 4.78 is 7.15. The fraction of sp³-hybridized carbons (Fsp3) is 0.130. The fourth-order valence-corrected chi connectivity index (χ4v) is 5.90. The van der Waals surface area contributed by atoms with Crippen molar-refractivity contribution in [2.24, 2.45) is 0 Å². The monoisotopic (exact) mass is 533 g/mol. The van der Waals surface area contributed by atoms with Crippen LogP contribution >= 0.6 is 50.2 Å². The first kappa shape index (κ1) is 22.0. The molecule has 0 aliphatic heterocycles. The number of esters is 1. The lowest BCUT2D eigenvalue weighted by molar-refractivity contribution is 0.0529. The number of halogens is 2. The van der Waals surface area contributed by atoms with Gasteiger partial charge in [-0.1, -0.05) is 51.8 Å². The van der Waals surface area contributed by atoms with Crippen molar-refractivity contribution < 1.29 is 14.3 Å². The zero-order valence-corrected chi connectivity index (χ0v) is 20.6. The molecule has 4 rings (SSSR count). The van der Waals surface area contributed by atoms with Gasteiger partial charge in [0.05, 0.1) is 11.6 Å². The number of carbonyl (C=O) groups excluding carboxylic acids is 2. The molecule has 0 aliphatic carbocycles. The number of ether oxygens (including phenoxy) is 1. The Morgan fingerprint density at radius 2 is 1.90 bits per heavy atom. The standard InChI is InChI=1S/C23H17BrClNO3S2/c1-3-29-23(28)18-16(13-5-7-14(24)8-6-13)11-30-22(18)26-21(27)20-19(25)15-9-4-12(2)10-17(15)31-20/h4-11H,3H2,1-2H3,(H,26,27). The van der Waals surface area contributed by atoms with Gasteiger partial charge in [0.25, 0.3) is 5.91 Å². The molecule has 31 heavy (non-hydrogen) atoms. The summed E-state index contributed by atoms with van der Waals surface area (Å²) in [4.78, 5) is 26.2. The highest BCUT2D eigenvalue weighted by Gasteiger charge is 2.25. The normalized spacial score (nSPS) is 11.0. The molecular formula is C23H17BrClNO3S2. The minimum atomic E-state index is -0.477. The van der Waals surface area contributed by atoms with E-state index in [1.165, 1.54) is 22.7 Å². The summed E-state index contributed by atoms with van der Waals surface area (Å²) in [6, 6.07) is 13.5. The number of carbonyl (C=O) groups is 2. The largest absolute Gasteiger partial charge is 0.462 e. The summed E-state index contributed by atoms with van der Waals surface area (Å²) >= 11 is 12.5. The molecule has 1 amide bonds. The van der Waals surface area contributed by atoms with Crippen molar-refractivity contribution in [1.82, 2.24) is 0 Å². The number of fused-ring (bicyclic) bond motifs is 1. The zero-order chi connectivity index (χ0) is 22.1. The molecule has 0 atom stereocenters. The van der Waals surface area contributed by atoms with Gasteiger partial charge in [0.15, 0.2) is 0 Å². The first-order chi connectivity index (χ1) is 14.9. The van der Waals surface area contributed by atoms with Gasteiger partial charge in [-0.05, 0) is 43.2 Å². The average molecular weight is 535 g/mol. The van der Waals surface area contributed by atoms with E-state index in [0.717, 1.165) is 25.7 Å². The summed E-state index contributed by atoms with van der Waals surface area (Å²) in [5, 5.41) is 6.42. The van der Waals surface area contributed by atoms with Crippen LogP contribution in [0.3, 0.4) is 0 Å². The molecule has 1 N–H and O–H groups in total. The summed E-state index contributed by atoms with van der Waals surface area (Å²) in [5.41, 5.74) is 3.01. The minimum absolute atomic E-state index is 0.239. The van der Waals surface area contributed by atoms with Gasteiger partial charge in [0, 0.05) is 25.5 Å². The van der Waals surface area contributed by atoms with Crippen molar-refractivity contribution in [3.05, 3.63) is 73.3 Å². The first-order valence-corrected chi connectivity index (χ1v) is 12.3. The molecule has 2 aromatic heterocycles. The second-order valence-electron chi connectivity index (χ2n) is 6.78. The third kappa shape index (κ3) is 4.41. The summed E-state index contributed by atoms with van der Waals surface area (Å²) in [5.74, 6) is -0.825. The topological polar surface area (TPSA) is 55.4 Å². The van der Waals surface area contributed by atoms with Crippen LogP contribution in [-0.4, -0.2) is 18.5 Å². The number of hydrogen-bond donors (Lipinski definition) is 1. The maximum atomic E-state index is 13.1. The highest BCUT2D eigenvalue weighted by Crippen LogP contribution is 2.39. The average Bonchev–Trinajstić information content (AvgIpc) is 3.29. The van der Waals surface area contributed by atoms with Crippen LogP contribution < -0.4 is 5.32 Å². The number of hydrogen-bond acceptors (Lipinski definition) is 5. The van der Waals surface area contributed by atoms with Crippen molar-refractivity contribution in [2.45, 2.75) is 13.8 Å². The van der Waals surface area contributed by atoms with Gasteiger partial charge >= 0.3 is 5.97 Å². The maximum Gasteiger partial charge on any atom is 0.341 e. The van der Waals surface area contributed by atoms with Crippen LogP contribution in [0, 0.1) is 6.92 Å². The Morgan fingerprint density at radius 3 is 2.61 bits per heavy atom. The molecule has 8 heteroatoms. The molecule has 0 saturated heterocycles. The molecule has 0 fully saturated rings. The number of aryl methyl sites for hydroxylation is 1. The van der Waals surface area contributed by atoms with Crippen LogP contribution in [0.4, 0.5) is 5.00 Å². The highest BCUT2D eigenvalue weighted by molar-refractivity contribution is 9.10. The molecule has 2 heterocycles. The third-order valence-electron chi connectivity index (χ3n) is 4.64. The van der Waals surface area contributed by atoms with Gasteiger partial charge in [-0.15, -0.1) is 22.7 Å². The van der Waals surface area contributed by atoms with Gasteiger partial charge < -0.3 is 10.1 Å². The van der Waals surface area contributed by atoms with E-state index in [1.807, 2.05) is 54.8 Å². The summed E-state index contributed by atoms with van der Waals surface area (Å²) in [6.07, 6.45) is 0. The first-order valence-electron chi connectivity index (χ1n) is 9.43. The van der Waals surface area contributed by atoms with E-state index < -0.39 is 5.97 Å². The Kier molecular flexibility index (Phi) is 6.48. The number of amides is 1. The van der Waals surface area contributed by atoms with E-state index in [-0.39, 0.29) is 12.5 Å². The molecule has 0 spiro atoms. The van der Waals surface area contributed by atoms with Crippen molar-refractivity contribution in [2.75, 3.05) is 11.9 Å². The Balaban J connectivity index is 1.72. The number of thiophene rings is 2. The Bertz CT molecular complexity index is 1290. The van der Waals surface area contributed by atoms with Gasteiger partial charge in [-0.25, -0.2) is 4.79 Å². The molecule has 0 bridgehead atoms. The summed E-state index contributed by atoms with van der Waals surface area (Å²) in [7, 11) is 0. The van der Waals surface area contributed by atoms with E-state index in [0.29, 0.717) is 26.0 Å². The molecule has 158 valence electrons. The highest BCUT2D eigenvalue weighted by atomic mass is 79.9. The van der Waals surface area contributed by atoms with Gasteiger partial charge in [0.2, 0.25) is 0 Å². The van der Waals surface area contributed by atoms with E-state index in [2.05, 4.69) is 21.2 Å².